The van der Waals surface area contributed by atoms with Crippen LogP contribution >= 0.6 is 11.6 Å². The zero-order chi connectivity index (χ0) is 21.0. The van der Waals surface area contributed by atoms with E-state index in [9.17, 15) is 13.2 Å². The van der Waals surface area contributed by atoms with Crippen molar-refractivity contribution in [2.45, 2.75) is 32.2 Å². The predicted octanol–water partition coefficient (Wildman–Crippen LogP) is 3.98. The van der Waals surface area contributed by atoms with Crippen molar-refractivity contribution in [1.82, 2.24) is 4.90 Å². The fourth-order valence-electron chi connectivity index (χ4n) is 3.96. The van der Waals surface area contributed by atoms with Gasteiger partial charge in [0.2, 0.25) is 15.9 Å². The summed E-state index contributed by atoms with van der Waals surface area (Å²) in [6.07, 6.45) is 3.98. The number of hydrogen-bond donors (Lipinski definition) is 0. The highest BCUT2D eigenvalue weighted by atomic mass is 35.5. The molecule has 1 atom stereocenters. The van der Waals surface area contributed by atoms with Gasteiger partial charge in [0.15, 0.2) is 0 Å². The molecule has 7 heteroatoms. The van der Waals surface area contributed by atoms with Crippen LogP contribution in [-0.2, 0) is 21.2 Å². The van der Waals surface area contributed by atoms with Crippen LogP contribution in [-0.4, -0.2) is 44.6 Å². The normalized spacial score (nSPS) is 16.4. The molecule has 156 valence electrons. The van der Waals surface area contributed by atoms with Crippen molar-refractivity contribution in [2.24, 2.45) is 5.92 Å². The minimum absolute atomic E-state index is 0.163. The largest absolute Gasteiger partial charge is 0.341 e. The van der Waals surface area contributed by atoms with Crippen LogP contribution in [0.25, 0.3) is 0 Å². The second-order valence-electron chi connectivity index (χ2n) is 7.67. The summed E-state index contributed by atoms with van der Waals surface area (Å²) in [5.41, 5.74) is 1.76. The third-order valence-electron chi connectivity index (χ3n) is 5.44. The maximum Gasteiger partial charge on any atom is 0.246 e. The van der Waals surface area contributed by atoms with Crippen molar-refractivity contribution >= 4 is 33.2 Å². The summed E-state index contributed by atoms with van der Waals surface area (Å²) >= 11 is 5.92. The highest BCUT2D eigenvalue weighted by Gasteiger charge is 2.33. The molecule has 0 N–H and O–H groups in total. The third-order valence-corrected chi connectivity index (χ3v) is 6.93. The molecule has 29 heavy (non-hydrogen) atoms. The van der Waals surface area contributed by atoms with Gasteiger partial charge in [0.1, 0.15) is 6.04 Å². The maximum absolute atomic E-state index is 13.1. The van der Waals surface area contributed by atoms with Gasteiger partial charge < -0.3 is 4.90 Å². The van der Waals surface area contributed by atoms with E-state index in [1.165, 1.54) is 9.87 Å². The lowest BCUT2D eigenvalue weighted by Gasteiger charge is -2.36. The molecule has 1 amide bonds. The van der Waals surface area contributed by atoms with E-state index in [4.69, 9.17) is 11.6 Å². The molecule has 0 unspecified atom stereocenters. The molecule has 1 heterocycles. The number of sulfonamides is 1. The summed E-state index contributed by atoms with van der Waals surface area (Å²) < 4.78 is 26.0. The van der Waals surface area contributed by atoms with E-state index in [0.29, 0.717) is 29.7 Å². The van der Waals surface area contributed by atoms with Crippen LogP contribution in [0.1, 0.15) is 25.3 Å². The lowest BCUT2D eigenvalue weighted by molar-refractivity contribution is -0.133. The smallest absolute Gasteiger partial charge is 0.246 e. The molecule has 3 rings (SSSR count). The monoisotopic (exact) mass is 434 g/mol. The fraction of sp³-hybridized carbons (Fsp3) is 0.409. The van der Waals surface area contributed by atoms with E-state index < -0.39 is 16.1 Å². The molecule has 0 spiro atoms. The van der Waals surface area contributed by atoms with Crippen molar-refractivity contribution in [3.05, 3.63) is 65.2 Å². The van der Waals surface area contributed by atoms with E-state index in [2.05, 4.69) is 12.1 Å². The van der Waals surface area contributed by atoms with Crippen molar-refractivity contribution in [3.63, 3.8) is 0 Å². The molecule has 0 aliphatic carbocycles. The number of piperidine rings is 1. The molecule has 0 saturated carbocycles. The Hall–Kier alpha value is -2.05. The molecule has 0 bridgehead atoms. The summed E-state index contributed by atoms with van der Waals surface area (Å²) in [6.45, 7) is 2.95. The molecule has 2 aromatic rings. The minimum atomic E-state index is -3.62. The first-order valence-corrected chi connectivity index (χ1v) is 12.1. The highest BCUT2D eigenvalue weighted by molar-refractivity contribution is 7.92. The Labute approximate surface area is 178 Å². The Morgan fingerprint density at radius 1 is 1.10 bits per heavy atom. The van der Waals surface area contributed by atoms with Crippen LogP contribution in [0.2, 0.25) is 5.02 Å². The van der Waals surface area contributed by atoms with Gasteiger partial charge in [-0.1, -0.05) is 41.9 Å². The Morgan fingerprint density at radius 3 is 2.24 bits per heavy atom. The van der Waals surface area contributed by atoms with E-state index in [-0.39, 0.29) is 5.91 Å². The van der Waals surface area contributed by atoms with Crippen molar-refractivity contribution in [3.8, 4) is 0 Å². The molecule has 1 aliphatic rings. The average Bonchev–Trinajstić information content (AvgIpc) is 2.69. The molecule has 1 aliphatic heterocycles. The SMILES string of the molecule is C[C@H](C(=O)N1CCC(Cc2ccccc2)CC1)N(c1ccc(Cl)cc1)S(C)(=O)=O. The molecular formula is C22H27ClN2O3S. The number of carbonyl (C=O) groups excluding carboxylic acids is 1. The second kappa shape index (κ2) is 9.18. The maximum atomic E-state index is 13.1. The molecule has 0 radical (unpaired) electrons. The first kappa shape index (κ1) is 21.7. The van der Waals surface area contributed by atoms with Gasteiger partial charge in [0, 0.05) is 18.1 Å². The molecule has 1 fully saturated rings. The Balaban J connectivity index is 1.66. The summed E-state index contributed by atoms with van der Waals surface area (Å²) in [4.78, 5) is 14.9. The number of carbonyl (C=O) groups is 1. The van der Waals surface area contributed by atoms with Gasteiger partial charge in [-0.3, -0.25) is 9.10 Å². The van der Waals surface area contributed by atoms with E-state index in [1.54, 1.807) is 36.1 Å². The van der Waals surface area contributed by atoms with Crippen LogP contribution < -0.4 is 4.31 Å². The molecule has 5 nitrogen and oxygen atoms in total. The lowest BCUT2D eigenvalue weighted by Crippen LogP contribution is -2.51. The highest BCUT2D eigenvalue weighted by Crippen LogP contribution is 2.26. The van der Waals surface area contributed by atoms with Gasteiger partial charge in [-0.25, -0.2) is 8.42 Å². The average molecular weight is 435 g/mol. The number of anilines is 1. The van der Waals surface area contributed by atoms with Crippen molar-refractivity contribution in [1.29, 1.82) is 0 Å². The zero-order valence-electron chi connectivity index (χ0n) is 16.8. The summed E-state index contributed by atoms with van der Waals surface area (Å²) in [5.74, 6) is 0.377. The topological polar surface area (TPSA) is 57.7 Å². The number of amides is 1. The van der Waals surface area contributed by atoms with E-state index >= 15 is 0 Å². The van der Waals surface area contributed by atoms with Crippen LogP contribution in [0.4, 0.5) is 5.69 Å². The summed E-state index contributed by atoms with van der Waals surface area (Å²) in [6, 6.07) is 16.1. The summed E-state index contributed by atoms with van der Waals surface area (Å²) in [7, 11) is -3.62. The van der Waals surface area contributed by atoms with Gasteiger partial charge in [-0.15, -0.1) is 0 Å². The molecule has 0 aromatic heterocycles. The predicted molar refractivity (Wildman–Crippen MR) is 118 cm³/mol. The molecule has 1 saturated heterocycles. The van der Waals surface area contributed by atoms with Gasteiger partial charge in [-0.2, -0.15) is 0 Å². The first-order valence-electron chi connectivity index (χ1n) is 9.83. The number of hydrogen-bond acceptors (Lipinski definition) is 3. The molecule has 2 aromatic carbocycles. The number of benzene rings is 2. The van der Waals surface area contributed by atoms with Crippen molar-refractivity contribution in [2.75, 3.05) is 23.7 Å². The van der Waals surface area contributed by atoms with Gasteiger partial charge in [-0.05, 0) is 61.9 Å². The zero-order valence-corrected chi connectivity index (χ0v) is 18.4. The Morgan fingerprint density at radius 2 is 1.69 bits per heavy atom. The Kier molecular flexibility index (Phi) is 6.85. The number of rotatable bonds is 6. The standard InChI is InChI=1S/C22H27ClN2O3S/c1-17(25(29(2,27)28)21-10-8-20(23)9-11-21)22(26)24-14-12-19(13-15-24)16-18-6-4-3-5-7-18/h3-11,17,19H,12-16H2,1-2H3/t17-/m1/s1. The van der Waals surface area contributed by atoms with Gasteiger partial charge in [0.25, 0.3) is 0 Å². The Bertz CT molecular complexity index is 924. The minimum Gasteiger partial charge on any atom is -0.341 e. The van der Waals surface area contributed by atoms with Gasteiger partial charge in [0.05, 0.1) is 11.9 Å². The van der Waals surface area contributed by atoms with E-state index in [0.717, 1.165) is 25.5 Å². The van der Waals surface area contributed by atoms with Crippen LogP contribution in [0.5, 0.6) is 0 Å². The summed E-state index contributed by atoms with van der Waals surface area (Å²) in [5, 5.41) is 0.515. The molecular weight excluding hydrogens is 408 g/mol. The fourth-order valence-corrected chi connectivity index (χ4v) is 5.25. The van der Waals surface area contributed by atoms with Crippen LogP contribution in [0.15, 0.2) is 54.6 Å². The second-order valence-corrected chi connectivity index (χ2v) is 9.97. The quantitative estimate of drug-likeness (QED) is 0.691. The number of halogens is 1. The first-order chi connectivity index (χ1) is 13.8. The van der Waals surface area contributed by atoms with Gasteiger partial charge >= 0.3 is 0 Å². The number of nitrogens with zero attached hydrogens (tertiary/aromatic N) is 2. The van der Waals surface area contributed by atoms with Crippen molar-refractivity contribution < 1.29 is 13.2 Å². The van der Waals surface area contributed by atoms with E-state index in [1.807, 2.05) is 18.2 Å². The lowest BCUT2D eigenvalue weighted by atomic mass is 9.90. The van der Waals surface area contributed by atoms with Crippen LogP contribution in [0, 0.1) is 5.92 Å². The third kappa shape index (κ3) is 5.52. The number of likely N-dealkylation sites (tertiary alicyclic amines) is 1. The van der Waals surface area contributed by atoms with Crippen LogP contribution in [0.3, 0.4) is 0 Å².